The second-order valence-corrected chi connectivity index (χ2v) is 3.92. The van der Waals surface area contributed by atoms with Gasteiger partial charge in [-0.25, -0.2) is 0 Å². The molecule has 1 aromatic carbocycles. The number of carbonyl (C=O) groups excluding carboxylic acids is 2. The van der Waals surface area contributed by atoms with Crippen molar-refractivity contribution in [3.05, 3.63) is 47.5 Å². The molecule has 0 fully saturated rings. The summed E-state index contributed by atoms with van der Waals surface area (Å²) >= 11 is 0. The first-order valence-corrected chi connectivity index (χ1v) is 6.94. The molecule has 0 unspecified atom stereocenters. The predicted molar refractivity (Wildman–Crippen MR) is 81.3 cm³/mol. The maximum absolute atomic E-state index is 11.7. The van der Waals surface area contributed by atoms with Crippen LogP contribution >= 0.6 is 0 Å². The van der Waals surface area contributed by atoms with Crippen LogP contribution in [0.3, 0.4) is 0 Å². The fraction of sp³-hybridized carbons (Fsp3) is 0.412. The number of ketones is 1. The molecule has 0 aromatic heterocycles. The zero-order valence-corrected chi connectivity index (χ0v) is 16.2. The van der Waals surface area contributed by atoms with E-state index in [-0.39, 0.29) is 44.4 Å². The maximum atomic E-state index is 11.7. The Morgan fingerprint density at radius 2 is 1.86 bits per heavy atom. The van der Waals surface area contributed by atoms with E-state index in [0.717, 1.165) is 24.8 Å². The van der Waals surface area contributed by atoms with Crippen LogP contribution in [0.5, 0.6) is 0 Å². The van der Waals surface area contributed by atoms with Crippen molar-refractivity contribution in [2.45, 2.75) is 40.0 Å². The monoisotopic (exact) mass is 362 g/mol. The molecule has 1 aliphatic rings. The van der Waals surface area contributed by atoms with Gasteiger partial charge in [0.2, 0.25) is 5.91 Å². The Kier molecular flexibility index (Phi) is 15.2. The fourth-order valence-electron chi connectivity index (χ4n) is 1.48. The van der Waals surface area contributed by atoms with Crippen molar-refractivity contribution >= 4 is 11.7 Å². The second-order valence-electron chi connectivity index (χ2n) is 3.92. The van der Waals surface area contributed by atoms with Crippen molar-refractivity contribution in [3.63, 3.8) is 0 Å². The molecule has 21 heavy (non-hydrogen) atoms. The molecule has 1 aliphatic carbocycles. The first-order chi connectivity index (χ1) is 9.65. The molecule has 0 saturated heterocycles. The summed E-state index contributed by atoms with van der Waals surface area (Å²) in [5.41, 5.74) is 1.49. The molecule has 2 rings (SSSR count). The summed E-state index contributed by atoms with van der Waals surface area (Å²) in [5, 5.41) is 2.39. The van der Waals surface area contributed by atoms with Crippen LogP contribution in [-0.4, -0.2) is 18.7 Å². The third-order valence-corrected chi connectivity index (χ3v) is 2.52. The number of carbonyl (C=O) groups is 2. The van der Waals surface area contributed by atoms with E-state index in [0.29, 0.717) is 5.56 Å². The molecule has 1 radical (unpaired) electrons. The van der Waals surface area contributed by atoms with Crippen LogP contribution in [0.1, 0.15) is 50.4 Å². The van der Waals surface area contributed by atoms with Gasteiger partial charge in [0.25, 0.3) is 0 Å². The van der Waals surface area contributed by atoms with Crippen LogP contribution in [0.2, 0.25) is 0 Å². The van der Waals surface area contributed by atoms with Crippen LogP contribution in [-0.2, 0) is 37.5 Å². The van der Waals surface area contributed by atoms with Gasteiger partial charge in [0.15, 0.2) is 0 Å². The van der Waals surface area contributed by atoms with Crippen molar-refractivity contribution in [2.75, 3.05) is 7.05 Å². The van der Waals surface area contributed by atoms with Gasteiger partial charge in [-0.1, -0.05) is 26.7 Å². The van der Waals surface area contributed by atoms with Gasteiger partial charge in [0.1, 0.15) is 0 Å². The quantitative estimate of drug-likeness (QED) is 0.648. The molecule has 0 bridgehead atoms. The molecule has 0 spiro atoms. The molecule has 1 aromatic rings. The standard InChI is InChI=1S/C12H10O.C3H7NO.C2H6.Y/c13-12(11-8-4-5-9-11)10-6-2-1-3-7-10;1-3(5)4-2;1-2;/h1-3,6H,4-5,8H2;1-2H3,(H,4,5);1-2H3;/q-2;;;. The Morgan fingerprint density at radius 3 is 2.24 bits per heavy atom. The summed E-state index contributed by atoms with van der Waals surface area (Å²) in [4.78, 5) is 21.4. The van der Waals surface area contributed by atoms with Crippen molar-refractivity contribution in [1.29, 1.82) is 0 Å². The minimum atomic E-state index is 0. The average molecular weight is 362 g/mol. The third-order valence-electron chi connectivity index (χ3n) is 2.52. The molecule has 3 nitrogen and oxygen atoms in total. The van der Waals surface area contributed by atoms with Gasteiger partial charge in [-0.15, -0.1) is 47.9 Å². The van der Waals surface area contributed by atoms with Gasteiger partial charge in [0, 0.05) is 46.7 Å². The average Bonchev–Trinajstić information content (AvgIpc) is 3.04. The Hall–Kier alpha value is -0.796. The smallest absolute Gasteiger partial charge is 0.216 e. The second kappa shape index (κ2) is 14.2. The SMILES string of the molecule is CC.CNC(C)=O.O=C(C1=[C-]CCC1)c1[c-]cccc1.[Y]. The van der Waals surface area contributed by atoms with Gasteiger partial charge in [0.05, 0.1) is 5.78 Å². The van der Waals surface area contributed by atoms with E-state index in [1.165, 1.54) is 6.92 Å². The number of rotatable bonds is 2. The fourth-order valence-corrected chi connectivity index (χ4v) is 1.48. The summed E-state index contributed by atoms with van der Waals surface area (Å²) in [7, 11) is 1.60. The largest absolute Gasteiger partial charge is 0.359 e. The number of benzene rings is 1. The Bertz CT molecular complexity index is 441. The Balaban J connectivity index is 0. The molecule has 1 amide bonds. The van der Waals surface area contributed by atoms with E-state index in [9.17, 15) is 9.59 Å². The topological polar surface area (TPSA) is 46.2 Å². The maximum Gasteiger partial charge on any atom is 0.216 e. The molecule has 4 heteroatoms. The van der Waals surface area contributed by atoms with Crippen LogP contribution in [0.15, 0.2) is 29.8 Å². The molecule has 0 heterocycles. The summed E-state index contributed by atoms with van der Waals surface area (Å²) in [6.45, 7) is 5.47. The number of hydrogen-bond acceptors (Lipinski definition) is 2. The van der Waals surface area contributed by atoms with E-state index in [1.807, 2.05) is 26.0 Å². The number of Topliss-reactive ketones (excluding diaryl/α,β-unsaturated/α-hetero) is 1. The zero-order valence-electron chi connectivity index (χ0n) is 13.3. The predicted octanol–water partition coefficient (Wildman–Crippen LogP) is 3.36. The van der Waals surface area contributed by atoms with Crippen LogP contribution in [0.25, 0.3) is 0 Å². The van der Waals surface area contributed by atoms with Crippen LogP contribution in [0, 0.1) is 12.1 Å². The van der Waals surface area contributed by atoms with Crippen molar-refractivity contribution < 1.29 is 42.3 Å². The van der Waals surface area contributed by atoms with E-state index >= 15 is 0 Å². The zero-order chi connectivity index (χ0) is 15.4. The molecule has 0 atom stereocenters. The third kappa shape index (κ3) is 9.70. The molecule has 113 valence electrons. The summed E-state index contributed by atoms with van der Waals surface area (Å²) in [6, 6.07) is 10.2. The number of hydrogen-bond donors (Lipinski definition) is 1. The van der Waals surface area contributed by atoms with Crippen LogP contribution < -0.4 is 5.32 Å². The van der Waals surface area contributed by atoms with Crippen LogP contribution in [0.4, 0.5) is 0 Å². The first-order valence-electron chi connectivity index (χ1n) is 6.94. The molecular formula is C17H23NO2Y-2. The Labute approximate surface area is 153 Å². The molecular weight excluding hydrogens is 339 g/mol. The minimum absolute atomic E-state index is 0. The summed E-state index contributed by atoms with van der Waals surface area (Å²) in [6.07, 6.45) is 5.97. The van der Waals surface area contributed by atoms with Gasteiger partial charge < -0.3 is 10.1 Å². The van der Waals surface area contributed by atoms with E-state index in [1.54, 1.807) is 19.2 Å². The van der Waals surface area contributed by atoms with Gasteiger partial charge >= 0.3 is 0 Å². The number of nitrogens with one attached hydrogen (secondary N) is 1. The van der Waals surface area contributed by atoms with Crippen molar-refractivity contribution in [3.8, 4) is 0 Å². The van der Waals surface area contributed by atoms with E-state index in [2.05, 4.69) is 17.5 Å². The van der Waals surface area contributed by atoms with E-state index in [4.69, 9.17) is 0 Å². The van der Waals surface area contributed by atoms with Crippen molar-refractivity contribution in [1.82, 2.24) is 5.32 Å². The number of allylic oxidation sites excluding steroid dienone is 2. The molecule has 0 aliphatic heterocycles. The van der Waals surface area contributed by atoms with E-state index < -0.39 is 0 Å². The Morgan fingerprint density at radius 1 is 1.24 bits per heavy atom. The minimum Gasteiger partial charge on any atom is -0.359 e. The normalized spacial score (nSPS) is 11.5. The molecule has 0 saturated carbocycles. The summed E-state index contributed by atoms with van der Waals surface area (Å²) < 4.78 is 0. The van der Waals surface area contributed by atoms with Gasteiger partial charge in [-0.2, -0.15) is 0 Å². The van der Waals surface area contributed by atoms with Gasteiger partial charge in [-0.3, -0.25) is 10.9 Å². The first kappa shape index (κ1) is 22.5. The van der Waals surface area contributed by atoms with Gasteiger partial charge in [-0.05, 0) is 0 Å². The number of amides is 1. The molecule has 1 N–H and O–H groups in total. The van der Waals surface area contributed by atoms with Crippen molar-refractivity contribution in [2.24, 2.45) is 0 Å². The summed E-state index contributed by atoms with van der Waals surface area (Å²) in [5.74, 6) is 0.100.